The topological polar surface area (TPSA) is 9.49 Å². The Kier molecular flexibility index (Phi) is 4.46. The molecule has 2 aliphatic rings. The van der Waals surface area contributed by atoms with Crippen LogP contribution >= 0.6 is 0 Å². The number of rotatable bonds is 2. The molecule has 0 radical (unpaired) electrons. The van der Waals surface area contributed by atoms with Gasteiger partial charge in [0.05, 0.1) is 0 Å². The lowest BCUT2D eigenvalue weighted by atomic mass is 9.94. The maximum Gasteiger partial charge on any atom is 0.199 e. The van der Waals surface area contributed by atoms with Gasteiger partial charge in [0.25, 0.3) is 0 Å². The maximum atomic E-state index is 2.32. The molecule has 4 rings (SSSR count). The van der Waals surface area contributed by atoms with Crippen molar-refractivity contribution in [3.8, 4) is 11.1 Å². The van der Waals surface area contributed by atoms with Crippen LogP contribution in [0.15, 0.2) is 66.3 Å². The van der Waals surface area contributed by atoms with Gasteiger partial charge in [-0.15, -0.1) is 0 Å². The molecule has 0 amide bonds. The number of hydrogen-bond donors (Lipinski definition) is 0. The van der Waals surface area contributed by atoms with Crippen LogP contribution in [0.2, 0.25) is 0 Å². The maximum absolute atomic E-state index is 2.32. The third kappa shape index (κ3) is 2.88. The quantitative estimate of drug-likeness (QED) is 0.617. The molecular weight excluding hydrogens is 342 g/mol. The molecular formula is C25H28N3+. The van der Waals surface area contributed by atoms with Crippen molar-refractivity contribution in [3.05, 3.63) is 77.4 Å². The van der Waals surface area contributed by atoms with Gasteiger partial charge in [0, 0.05) is 57.3 Å². The van der Waals surface area contributed by atoms with Crippen molar-refractivity contribution >= 4 is 22.7 Å². The van der Waals surface area contributed by atoms with Gasteiger partial charge in [0.15, 0.2) is 5.71 Å². The average molecular weight is 371 g/mol. The summed E-state index contributed by atoms with van der Waals surface area (Å²) in [5, 5.41) is 0. The van der Waals surface area contributed by atoms with Crippen LogP contribution in [0.1, 0.15) is 11.1 Å². The summed E-state index contributed by atoms with van der Waals surface area (Å²) >= 11 is 0. The zero-order valence-corrected chi connectivity index (χ0v) is 17.6. The zero-order valence-electron chi connectivity index (χ0n) is 17.6. The van der Waals surface area contributed by atoms with E-state index in [9.17, 15) is 0 Å². The molecule has 0 aromatic heterocycles. The molecule has 3 heteroatoms. The molecule has 2 aliphatic carbocycles. The van der Waals surface area contributed by atoms with Gasteiger partial charge >= 0.3 is 0 Å². The van der Waals surface area contributed by atoms with Crippen molar-refractivity contribution < 1.29 is 4.58 Å². The van der Waals surface area contributed by atoms with Gasteiger partial charge in [-0.25, -0.2) is 4.58 Å². The Balaban J connectivity index is 2.02. The summed E-state index contributed by atoms with van der Waals surface area (Å²) in [4.78, 5) is 4.38. The molecule has 0 heterocycles. The summed E-state index contributed by atoms with van der Waals surface area (Å²) in [6, 6.07) is 13.5. The number of fused-ring (bicyclic) bond motifs is 3. The second kappa shape index (κ2) is 6.83. The first-order valence-electron chi connectivity index (χ1n) is 9.66. The van der Waals surface area contributed by atoms with Crippen molar-refractivity contribution in [3.63, 3.8) is 0 Å². The number of hydrogen-bond acceptors (Lipinski definition) is 2. The van der Waals surface area contributed by atoms with Crippen LogP contribution in [-0.4, -0.2) is 52.6 Å². The SMILES string of the molecule is CN(C)c1ccc2c(c1)-c1c(cccc1N(C)C)C2=C1C=CC(=[N+](C)C)C=C1. The van der Waals surface area contributed by atoms with Gasteiger partial charge in [-0.05, 0) is 58.2 Å². The Labute approximate surface area is 168 Å². The van der Waals surface area contributed by atoms with Crippen LogP contribution in [0.5, 0.6) is 0 Å². The van der Waals surface area contributed by atoms with E-state index in [0.29, 0.717) is 0 Å². The van der Waals surface area contributed by atoms with Crippen LogP contribution in [0.3, 0.4) is 0 Å². The largest absolute Gasteiger partial charge is 0.378 e. The lowest BCUT2D eigenvalue weighted by molar-refractivity contribution is -0.462. The number of allylic oxidation sites excluding steroid dienone is 5. The Hall–Kier alpha value is -3.07. The molecule has 142 valence electrons. The molecule has 0 bridgehead atoms. The summed E-state index contributed by atoms with van der Waals surface area (Å²) in [5.41, 5.74) is 11.6. The molecule has 0 aliphatic heterocycles. The highest BCUT2D eigenvalue weighted by Gasteiger charge is 2.29. The fraction of sp³-hybridized carbons (Fsp3) is 0.240. The Morgan fingerprint density at radius 1 is 0.714 bits per heavy atom. The van der Waals surface area contributed by atoms with Crippen LogP contribution in [0.4, 0.5) is 11.4 Å². The van der Waals surface area contributed by atoms with Gasteiger partial charge in [-0.2, -0.15) is 0 Å². The van der Waals surface area contributed by atoms with Crippen molar-refractivity contribution in [2.45, 2.75) is 0 Å². The molecule has 0 fully saturated rings. The van der Waals surface area contributed by atoms with E-state index in [4.69, 9.17) is 0 Å². The number of anilines is 2. The number of benzene rings is 2. The monoisotopic (exact) mass is 370 g/mol. The fourth-order valence-corrected chi connectivity index (χ4v) is 4.02. The van der Waals surface area contributed by atoms with Crippen molar-refractivity contribution in [2.75, 3.05) is 52.1 Å². The van der Waals surface area contributed by atoms with E-state index in [2.05, 4.69) is 117 Å². The van der Waals surface area contributed by atoms with Crippen molar-refractivity contribution in [2.24, 2.45) is 0 Å². The van der Waals surface area contributed by atoms with E-state index in [0.717, 1.165) is 0 Å². The molecule has 0 N–H and O–H groups in total. The molecule has 0 saturated carbocycles. The normalized spacial score (nSPS) is 14.3. The molecule has 28 heavy (non-hydrogen) atoms. The summed E-state index contributed by atoms with van der Waals surface area (Å²) in [6.45, 7) is 0. The van der Waals surface area contributed by atoms with E-state index in [-0.39, 0.29) is 0 Å². The summed E-state index contributed by atoms with van der Waals surface area (Å²) in [7, 11) is 12.6. The van der Waals surface area contributed by atoms with Crippen LogP contribution in [-0.2, 0) is 0 Å². The minimum atomic E-state index is 1.22. The molecule has 2 aromatic rings. The minimum Gasteiger partial charge on any atom is -0.378 e. The Morgan fingerprint density at radius 3 is 2.04 bits per heavy atom. The first-order valence-corrected chi connectivity index (χ1v) is 9.66. The van der Waals surface area contributed by atoms with Crippen molar-refractivity contribution in [1.29, 1.82) is 0 Å². The molecule has 0 saturated heterocycles. The summed E-state index contributed by atoms with van der Waals surface area (Å²) < 4.78 is 2.14. The van der Waals surface area contributed by atoms with Crippen LogP contribution in [0, 0.1) is 0 Å². The molecule has 3 nitrogen and oxygen atoms in total. The zero-order chi connectivity index (χ0) is 20.0. The van der Waals surface area contributed by atoms with E-state index in [1.807, 2.05) is 0 Å². The smallest absolute Gasteiger partial charge is 0.199 e. The Bertz CT molecular complexity index is 1060. The van der Waals surface area contributed by atoms with Gasteiger partial charge in [0.1, 0.15) is 14.1 Å². The first kappa shape index (κ1) is 18.3. The number of nitrogens with zero attached hydrogens (tertiary/aromatic N) is 3. The van der Waals surface area contributed by atoms with E-state index >= 15 is 0 Å². The van der Waals surface area contributed by atoms with E-state index in [1.54, 1.807) is 0 Å². The second-order valence-electron chi connectivity index (χ2n) is 8.03. The lowest BCUT2D eigenvalue weighted by Crippen LogP contribution is -2.10. The predicted octanol–water partition coefficient (Wildman–Crippen LogP) is 4.44. The molecule has 0 spiro atoms. The summed E-state index contributed by atoms with van der Waals surface area (Å²) in [6.07, 6.45) is 8.88. The third-order valence-corrected chi connectivity index (χ3v) is 5.52. The average Bonchev–Trinajstić information content (AvgIpc) is 3.01. The molecule has 0 atom stereocenters. The van der Waals surface area contributed by atoms with Crippen molar-refractivity contribution in [1.82, 2.24) is 0 Å². The van der Waals surface area contributed by atoms with Crippen LogP contribution in [0.25, 0.3) is 16.7 Å². The van der Waals surface area contributed by atoms with Crippen LogP contribution < -0.4 is 9.80 Å². The standard InChI is InChI=1S/C25H28N3/c1-26(2)18-12-10-17(11-13-18)24-20-15-14-19(27(3)4)16-22(20)25-21(24)8-7-9-23(25)28(5)6/h7-16H,1-6H3/q+1. The Morgan fingerprint density at radius 2 is 1.43 bits per heavy atom. The second-order valence-corrected chi connectivity index (χ2v) is 8.03. The third-order valence-electron chi connectivity index (χ3n) is 5.52. The summed E-state index contributed by atoms with van der Waals surface area (Å²) in [5.74, 6) is 0. The highest BCUT2D eigenvalue weighted by atomic mass is 15.1. The highest BCUT2D eigenvalue weighted by molar-refractivity contribution is 6.10. The minimum absolute atomic E-state index is 1.22. The van der Waals surface area contributed by atoms with E-state index < -0.39 is 0 Å². The van der Waals surface area contributed by atoms with Gasteiger partial charge in [0.2, 0.25) is 0 Å². The lowest BCUT2D eigenvalue weighted by Gasteiger charge is -2.18. The van der Waals surface area contributed by atoms with E-state index in [1.165, 1.54) is 50.5 Å². The van der Waals surface area contributed by atoms with Gasteiger partial charge in [-0.3, -0.25) is 0 Å². The van der Waals surface area contributed by atoms with Gasteiger partial charge in [-0.1, -0.05) is 18.2 Å². The highest BCUT2D eigenvalue weighted by Crippen LogP contribution is 2.50. The van der Waals surface area contributed by atoms with Gasteiger partial charge < -0.3 is 9.80 Å². The fourth-order valence-electron chi connectivity index (χ4n) is 4.02. The first-order chi connectivity index (χ1) is 13.4. The molecule has 2 aromatic carbocycles. The predicted molar refractivity (Wildman–Crippen MR) is 122 cm³/mol. The molecule has 0 unspecified atom stereocenters.